The molecule has 0 saturated heterocycles. The fraction of sp³-hybridized carbons (Fsp3) is 0.833. The summed E-state index contributed by atoms with van der Waals surface area (Å²) in [4.78, 5) is 9.78. The number of rotatable bonds is 6. The molecule has 0 unspecified atom stereocenters. The second-order valence-electron chi connectivity index (χ2n) is 3.36. The summed E-state index contributed by atoms with van der Waals surface area (Å²) in [6.45, 7) is -2.05. The van der Waals surface area contributed by atoms with Crippen LogP contribution in [0.4, 0.5) is 39.5 Å². The van der Waals surface area contributed by atoms with Crippen LogP contribution in [0.2, 0.25) is 0 Å². The standard InChI is InChI=1S/C6H4F9NO4S.Na/c7-3(8,5(11,12)13)4(9,10)6(14,15)21(19,20)16-1-2(17)18;/h16H,1H2,(H,17,18);/q;+1/p-1. The minimum atomic E-state index is -7.41. The monoisotopic (exact) mass is 379 g/mol. The molecule has 0 aromatic heterocycles. The van der Waals surface area contributed by atoms with Crippen LogP contribution in [0.25, 0.3) is 0 Å². The number of carboxylic acid groups (broad SMARTS) is 1. The van der Waals surface area contributed by atoms with Crippen LogP contribution in [-0.4, -0.2) is 44.2 Å². The van der Waals surface area contributed by atoms with Gasteiger partial charge in [-0.1, -0.05) is 0 Å². The molecular formula is C6H3F9NNaO4S. The van der Waals surface area contributed by atoms with Crippen LogP contribution in [0.5, 0.6) is 0 Å². The Hall–Kier alpha value is -0.250. The molecule has 0 radical (unpaired) electrons. The topological polar surface area (TPSA) is 86.3 Å². The first-order valence-electron chi connectivity index (χ1n) is 4.31. The zero-order valence-electron chi connectivity index (χ0n) is 10.2. The average molecular weight is 379 g/mol. The average Bonchev–Trinajstić information content (AvgIpc) is 2.24. The summed E-state index contributed by atoms with van der Waals surface area (Å²) in [5.74, 6) is -17.2. The van der Waals surface area contributed by atoms with Crippen molar-refractivity contribution >= 4 is 16.0 Å². The molecule has 0 atom stereocenters. The number of aliphatic carboxylic acids is 1. The Morgan fingerprint density at radius 3 is 1.55 bits per heavy atom. The zero-order valence-corrected chi connectivity index (χ0v) is 13.0. The Kier molecular flexibility index (Phi) is 7.31. The quantitative estimate of drug-likeness (QED) is 0.396. The molecule has 0 saturated carbocycles. The van der Waals surface area contributed by atoms with Crippen LogP contribution < -0.4 is 39.4 Å². The summed E-state index contributed by atoms with van der Waals surface area (Å²) in [6, 6.07) is 0. The maximum Gasteiger partial charge on any atom is 1.00 e. The first-order chi connectivity index (χ1) is 8.92. The Morgan fingerprint density at radius 1 is 0.909 bits per heavy atom. The van der Waals surface area contributed by atoms with Crippen molar-refractivity contribution in [1.29, 1.82) is 0 Å². The van der Waals surface area contributed by atoms with Crippen molar-refractivity contribution in [2.75, 3.05) is 6.54 Å². The summed E-state index contributed by atoms with van der Waals surface area (Å²) in [5.41, 5.74) is 0. The van der Waals surface area contributed by atoms with Gasteiger partial charge in [0.05, 0.1) is 12.5 Å². The van der Waals surface area contributed by atoms with Gasteiger partial charge >= 0.3 is 52.8 Å². The van der Waals surface area contributed by atoms with E-state index in [1.807, 2.05) is 0 Å². The van der Waals surface area contributed by atoms with Crippen LogP contribution in [0, 0.1) is 0 Å². The normalized spacial score (nSPS) is 14.4. The van der Waals surface area contributed by atoms with Crippen molar-refractivity contribution in [3.8, 4) is 0 Å². The molecule has 0 rings (SSSR count). The second kappa shape index (κ2) is 6.70. The predicted molar refractivity (Wildman–Crippen MR) is 42.8 cm³/mol. The second-order valence-corrected chi connectivity index (χ2v) is 5.17. The molecule has 5 nitrogen and oxygen atoms in total. The fourth-order valence-corrected chi connectivity index (χ4v) is 1.73. The Labute approximate surface area is 138 Å². The largest absolute Gasteiger partial charge is 1.00 e. The number of halogens is 9. The number of alkyl halides is 9. The Bertz CT molecular complexity index is 517. The number of sulfonamides is 1. The smallest absolute Gasteiger partial charge is 0.549 e. The van der Waals surface area contributed by atoms with Crippen molar-refractivity contribution in [1.82, 2.24) is 4.72 Å². The molecule has 126 valence electrons. The minimum absolute atomic E-state index is 0. The molecule has 16 heteroatoms. The number of hydrogen-bond acceptors (Lipinski definition) is 4. The molecule has 0 aromatic carbocycles. The van der Waals surface area contributed by atoms with Crippen molar-refractivity contribution in [3.05, 3.63) is 0 Å². The van der Waals surface area contributed by atoms with E-state index >= 15 is 0 Å². The molecule has 0 aliphatic carbocycles. The number of nitrogens with one attached hydrogen (secondary N) is 1. The molecular weight excluding hydrogens is 376 g/mol. The third kappa shape index (κ3) is 3.98. The summed E-state index contributed by atoms with van der Waals surface area (Å²) < 4.78 is 132. The summed E-state index contributed by atoms with van der Waals surface area (Å²) in [7, 11) is -6.89. The number of carbonyl (C=O) groups excluding carboxylic acids is 1. The predicted octanol–water partition coefficient (Wildman–Crippen LogP) is -2.91. The maximum atomic E-state index is 12.9. The van der Waals surface area contributed by atoms with E-state index in [2.05, 4.69) is 0 Å². The fourth-order valence-electron chi connectivity index (χ4n) is 0.774. The van der Waals surface area contributed by atoms with Crippen LogP contribution in [0.3, 0.4) is 0 Å². The summed E-state index contributed by atoms with van der Waals surface area (Å²) in [6.07, 6.45) is -7.19. The Balaban J connectivity index is 0. The van der Waals surface area contributed by atoms with E-state index in [-0.39, 0.29) is 34.3 Å². The van der Waals surface area contributed by atoms with Gasteiger partial charge in [0.15, 0.2) is 0 Å². The van der Waals surface area contributed by atoms with Gasteiger partial charge in [-0.15, -0.1) is 0 Å². The van der Waals surface area contributed by atoms with Gasteiger partial charge in [-0.25, -0.2) is 13.1 Å². The van der Waals surface area contributed by atoms with E-state index in [0.29, 0.717) is 0 Å². The first-order valence-corrected chi connectivity index (χ1v) is 5.79. The van der Waals surface area contributed by atoms with Crippen LogP contribution >= 0.6 is 0 Å². The third-order valence-corrected chi connectivity index (χ3v) is 3.32. The van der Waals surface area contributed by atoms with Gasteiger partial charge in [0.1, 0.15) is 0 Å². The van der Waals surface area contributed by atoms with E-state index < -0.39 is 45.8 Å². The number of carboxylic acids is 1. The van der Waals surface area contributed by atoms with Gasteiger partial charge in [0.2, 0.25) is 0 Å². The molecule has 22 heavy (non-hydrogen) atoms. The molecule has 0 amide bonds. The number of hydrogen-bond donors (Lipinski definition) is 1. The van der Waals surface area contributed by atoms with E-state index in [1.54, 1.807) is 0 Å². The number of carbonyl (C=O) groups is 1. The van der Waals surface area contributed by atoms with E-state index in [1.165, 1.54) is 0 Å². The van der Waals surface area contributed by atoms with Gasteiger partial charge in [0, 0.05) is 0 Å². The minimum Gasteiger partial charge on any atom is -0.549 e. The van der Waals surface area contributed by atoms with E-state index in [0.717, 1.165) is 0 Å². The van der Waals surface area contributed by atoms with Gasteiger partial charge in [-0.05, 0) is 0 Å². The van der Waals surface area contributed by atoms with Gasteiger partial charge in [-0.3, -0.25) is 0 Å². The SMILES string of the molecule is O=C([O-])CNS(=O)(=O)C(F)(F)C(F)(F)C(F)(F)C(F)(F)F.[Na+]. The molecule has 0 heterocycles. The molecule has 1 N–H and O–H groups in total. The van der Waals surface area contributed by atoms with Gasteiger partial charge < -0.3 is 9.90 Å². The summed E-state index contributed by atoms with van der Waals surface area (Å²) >= 11 is 0. The van der Waals surface area contributed by atoms with Crippen molar-refractivity contribution in [3.63, 3.8) is 0 Å². The van der Waals surface area contributed by atoms with Crippen molar-refractivity contribution in [2.45, 2.75) is 23.3 Å². The van der Waals surface area contributed by atoms with Gasteiger partial charge in [-0.2, -0.15) is 39.5 Å². The van der Waals surface area contributed by atoms with Crippen molar-refractivity contribution in [2.24, 2.45) is 0 Å². The van der Waals surface area contributed by atoms with Crippen LogP contribution in [-0.2, 0) is 14.8 Å². The Morgan fingerprint density at radius 2 is 1.27 bits per heavy atom. The van der Waals surface area contributed by atoms with Gasteiger partial charge in [0.25, 0.3) is 10.0 Å². The third-order valence-electron chi connectivity index (χ3n) is 1.86. The molecule has 0 spiro atoms. The summed E-state index contributed by atoms with van der Waals surface area (Å²) in [5, 5.41) is 2.82. The molecule has 0 aliphatic heterocycles. The molecule has 0 fully saturated rings. The van der Waals surface area contributed by atoms with Crippen LogP contribution in [0.15, 0.2) is 0 Å². The molecule has 0 aromatic rings. The van der Waals surface area contributed by atoms with E-state index in [4.69, 9.17) is 0 Å². The van der Waals surface area contributed by atoms with Crippen LogP contribution in [0.1, 0.15) is 0 Å². The molecule has 0 aliphatic rings. The van der Waals surface area contributed by atoms with E-state index in [9.17, 15) is 57.8 Å². The maximum absolute atomic E-state index is 12.9. The molecule has 0 bridgehead atoms. The zero-order chi connectivity index (χ0) is 17.5. The first kappa shape index (κ1) is 24.0. The van der Waals surface area contributed by atoms with Crippen molar-refractivity contribution < 1.29 is 87.4 Å².